The number of amides is 1. The van der Waals surface area contributed by atoms with Crippen molar-refractivity contribution in [3.8, 4) is 23.3 Å². The molecule has 1 aliphatic rings. The summed E-state index contributed by atoms with van der Waals surface area (Å²) in [4.78, 5) is 12.5. The predicted molar refractivity (Wildman–Crippen MR) is 108 cm³/mol. The van der Waals surface area contributed by atoms with Gasteiger partial charge in [-0.05, 0) is 50.1 Å². The molecule has 2 N–H and O–H groups in total. The first-order valence-corrected chi connectivity index (χ1v) is 9.27. The summed E-state index contributed by atoms with van der Waals surface area (Å²) >= 11 is 0. The van der Waals surface area contributed by atoms with E-state index in [1.807, 2.05) is 24.3 Å². The average molecular weight is 379 g/mol. The van der Waals surface area contributed by atoms with E-state index < -0.39 is 5.60 Å². The molecule has 3 rings (SSSR count). The molecule has 2 aromatic rings. The molecule has 1 unspecified atom stereocenters. The fraction of sp³-hybridized carbons (Fsp3) is 0.348. The van der Waals surface area contributed by atoms with E-state index in [1.165, 1.54) is 0 Å². The number of hydrogen-bond acceptors (Lipinski definition) is 4. The van der Waals surface area contributed by atoms with Crippen molar-refractivity contribution in [3.63, 3.8) is 0 Å². The highest BCUT2D eigenvalue weighted by atomic mass is 16.5. The minimum Gasteiger partial charge on any atom is -0.497 e. The maximum absolute atomic E-state index is 12.5. The summed E-state index contributed by atoms with van der Waals surface area (Å²) in [5.74, 6) is 7.34. The van der Waals surface area contributed by atoms with Gasteiger partial charge in [0.1, 0.15) is 17.1 Å². The molecular weight excluding hydrogens is 354 g/mol. The standard InChI is InChI=1S/C23H25NO4/c1-23(2,26)10-9-16-5-4-6-19(11-16)22(25)24-14-17-12-18-7-8-20(27-3)13-21(18)28-15-17/h4-8,11,13,17,26H,12,14-15H2,1-3H3,(H,24,25). The fourth-order valence-electron chi connectivity index (χ4n) is 2.98. The Morgan fingerprint density at radius 2 is 2.14 bits per heavy atom. The second-order valence-electron chi connectivity index (χ2n) is 7.45. The highest BCUT2D eigenvalue weighted by Crippen LogP contribution is 2.30. The maximum Gasteiger partial charge on any atom is 0.251 e. The summed E-state index contributed by atoms with van der Waals surface area (Å²) < 4.78 is 11.0. The number of hydrogen-bond donors (Lipinski definition) is 2. The van der Waals surface area contributed by atoms with Crippen LogP contribution in [0.1, 0.15) is 35.3 Å². The normalized spacial score (nSPS) is 15.5. The minimum atomic E-state index is -1.07. The Morgan fingerprint density at radius 1 is 1.32 bits per heavy atom. The van der Waals surface area contributed by atoms with Crippen molar-refractivity contribution in [2.75, 3.05) is 20.3 Å². The van der Waals surface area contributed by atoms with E-state index in [4.69, 9.17) is 9.47 Å². The quantitative estimate of drug-likeness (QED) is 0.802. The Balaban J connectivity index is 1.59. The number of rotatable bonds is 4. The van der Waals surface area contributed by atoms with Gasteiger partial charge in [0.05, 0.1) is 13.7 Å². The van der Waals surface area contributed by atoms with E-state index in [0.29, 0.717) is 24.3 Å². The van der Waals surface area contributed by atoms with Gasteiger partial charge in [-0.15, -0.1) is 0 Å². The van der Waals surface area contributed by atoms with Crippen LogP contribution >= 0.6 is 0 Å². The molecule has 146 valence electrons. The van der Waals surface area contributed by atoms with Crippen LogP contribution in [-0.2, 0) is 6.42 Å². The lowest BCUT2D eigenvalue weighted by atomic mass is 9.96. The third-order valence-corrected chi connectivity index (χ3v) is 4.45. The third-order valence-electron chi connectivity index (χ3n) is 4.45. The van der Waals surface area contributed by atoms with Gasteiger partial charge in [-0.1, -0.05) is 24.0 Å². The van der Waals surface area contributed by atoms with Gasteiger partial charge in [-0.25, -0.2) is 0 Å². The summed E-state index contributed by atoms with van der Waals surface area (Å²) in [6, 6.07) is 12.9. The van der Waals surface area contributed by atoms with Crippen molar-refractivity contribution in [3.05, 3.63) is 59.2 Å². The molecule has 5 heteroatoms. The second-order valence-corrected chi connectivity index (χ2v) is 7.45. The summed E-state index contributed by atoms with van der Waals surface area (Å²) in [7, 11) is 1.63. The Kier molecular flexibility index (Phi) is 5.91. The van der Waals surface area contributed by atoms with Gasteiger partial charge in [0.25, 0.3) is 5.91 Å². The lowest BCUT2D eigenvalue weighted by molar-refractivity contribution is 0.0939. The van der Waals surface area contributed by atoms with E-state index >= 15 is 0 Å². The number of methoxy groups -OCH3 is 1. The van der Waals surface area contributed by atoms with Crippen LogP contribution in [0.4, 0.5) is 0 Å². The molecule has 0 spiro atoms. The summed E-state index contributed by atoms with van der Waals surface area (Å²) in [6.45, 7) is 4.33. The van der Waals surface area contributed by atoms with E-state index in [2.05, 4.69) is 17.2 Å². The summed E-state index contributed by atoms with van der Waals surface area (Å²) in [6.07, 6.45) is 0.844. The van der Waals surface area contributed by atoms with Crippen LogP contribution in [-0.4, -0.2) is 36.9 Å². The highest BCUT2D eigenvalue weighted by molar-refractivity contribution is 5.94. The number of carbonyl (C=O) groups is 1. The number of benzene rings is 2. The average Bonchev–Trinajstić information content (AvgIpc) is 2.69. The van der Waals surface area contributed by atoms with Gasteiger partial charge >= 0.3 is 0 Å². The van der Waals surface area contributed by atoms with Crippen molar-refractivity contribution in [2.45, 2.75) is 25.9 Å². The maximum atomic E-state index is 12.5. The Labute approximate surface area is 165 Å². The molecule has 1 amide bonds. The minimum absolute atomic E-state index is 0.146. The SMILES string of the molecule is COc1ccc2c(c1)OCC(CNC(=O)c1cccc(C#CC(C)(C)O)c1)C2. The lowest BCUT2D eigenvalue weighted by Crippen LogP contribution is -2.34. The van der Waals surface area contributed by atoms with E-state index in [0.717, 1.165) is 23.5 Å². The molecule has 28 heavy (non-hydrogen) atoms. The van der Waals surface area contributed by atoms with E-state index in [9.17, 15) is 9.90 Å². The predicted octanol–water partition coefficient (Wildman–Crippen LogP) is 2.80. The smallest absolute Gasteiger partial charge is 0.251 e. The third kappa shape index (κ3) is 5.28. The molecular formula is C23H25NO4. The number of aliphatic hydroxyl groups is 1. The van der Waals surface area contributed by atoms with Crippen molar-refractivity contribution < 1.29 is 19.4 Å². The Morgan fingerprint density at radius 3 is 2.89 bits per heavy atom. The zero-order chi connectivity index (χ0) is 20.1. The van der Waals surface area contributed by atoms with Gasteiger partial charge in [0.2, 0.25) is 0 Å². The van der Waals surface area contributed by atoms with Gasteiger partial charge in [-0.3, -0.25) is 4.79 Å². The monoisotopic (exact) mass is 379 g/mol. The summed E-state index contributed by atoms with van der Waals surface area (Å²) in [5, 5.41) is 12.7. The lowest BCUT2D eigenvalue weighted by Gasteiger charge is -2.25. The molecule has 5 nitrogen and oxygen atoms in total. The first-order chi connectivity index (χ1) is 13.3. The van der Waals surface area contributed by atoms with Crippen molar-refractivity contribution in [1.82, 2.24) is 5.32 Å². The van der Waals surface area contributed by atoms with Gasteiger partial charge in [0.15, 0.2) is 0 Å². The molecule has 0 saturated carbocycles. The van der Waals surface area contributed by atoms with Crippen molar-refractivity contribution >= 4 is 5.91 Å². The topological polar surface area (TPSA) is 67.8 Å². The molecule has 1 atom stereocenters. The van der Waals surface area contributed by atoms with Crippen LogP contribution in [0.3, 0.4) is 0 Å². The largest absolute Gasteiger partial charge is 0.497 e. The van der Waals surface area contributed by atoms with E-state index in [1.54, 1.807) is 39.2 Å². The van der Waals surface area contributed by atoms with Crippen LogP contribution in [0.15, 0.2) is 42.5 Å². The van der Waals surface area contributed by atoms with Crippen molar-refractivity contribution in [2.24, 2.45) is 5.92 Å². The van der Waals surface area contributed by atoms with Crippen LogP contribution in [0, 0.1) is 17.8 Å². The molecule has 0 aliphatic carbocycles. The number of fused-ring (bicyclic) bond motifs is 1. The zero-order valence-electron chi connectivity index (χ0n) is 16.4. The number of ether oxygens (including phenoxy) is 2. The molecule has 1 heterocycles. The number of carbonyl (C=O) groups excluding carboxylic acids is 1. The van der Waals surface area contributed by atoms with Crippen LogP contribution in [0.2, 0.25) is 0 Å². The molecule has 0 saturated heterocycles. The molecule has 0 radical (unpaired) electrons. The molecule has 1 aliphatic heterocycles. The van der Waals surface area contributed by atoms with Crippen LogP contribution in [0.5, 0.6) is 11.5 Å². The van der Waals surface area contributed by atoms with E-state index in [-0.39, 0.29) is 11.8 Å². The molecule has 0 aromatic heterocycles. The number of nitrogens with one attached hydrogen (secondary N) is 1. The second kappa shape index (κ2) is 8.37. The molecule has 0 bridgehead atoms. The van der Waals surface area contributed by atoms with Gasteiger partial charge in [-0.2, -0.15) is 0 Å². The van der Waals surface area contributed by atoms with Crippen LogP contribution < -0.4 is 14.8 Å². The van der Waals surface area contributed by atoms with Gasteiger partial charge < -0.3 is 19.9 Å². The first-order valence-electron chi connectivity index (χ1n) is 9.27. The van der Waals surface area contributed by atoms with Crippen LogP contribution in [0.25, 0.3) is 0 Å². The zero-order valence-corrected chi connectivity index (χ0v) is 16.4. The van der Waals surface area contributed by atoms with Gasteiger partial charge in [0, 0.05) is 29.7 Å². The summed E-state index contributed by atoms with van der Waals surface area (Å²) in [5.41, 5.74) is 1.29. The Hall–Kier alpha value is -2.97. The molecule has 2 aromatic carbocycles. The molecule has 0 fully saturated rings. The van der Waals surface area contributed by atoms with Crippen molar-refractivity contribution in [1.29, 1.82) is 0 Å². The fourth-order valence-corrected chi connectivity index (χ4v) is 2.98. The highest BCUT2D eigenvalue weighted by Gasteiger charge is 2.21. The first kappa shape index (κ1) is 19.8. The Bertz CT molecular complexity index is 918.